The van der Waals surface area contributed by atoms with E-state index in [0.29, 0.717) is 25.1 Å². The Morgan fingerprint density at radius 1 is 0.933 bits per heavy atom. The normalized spacial score (nSPS) is 13.7. The molecule has 0 spiro atoms. The van der Waals surface area contributed by atoms with E-state index in [1.165, 1.54) is 0 Å². The highest BCUT2D eigenvalue weighted by Gasteiger charge is 2.25. The SMILES string of the molecule is O=C(c1ccccc1)N1CCCc2cc(S(=O)(=O)NCCc3ccccc3)ccc21. The number of nitrogens with one attached hydrogen (secondary N) is 1. The van der Waals surface area contributed by atoms with Gasteiger partial charge in [0.15, 0.2) is 0 Å². The summed E-state index contributed by atoms with van der Waals surface area (Å²) in [6.45, 7) is 0.962. The zero-order valence-electron chi connectivity index (χ0n) is 16.6. The van der Waals surface area contributed by atoms with Gasteiger partial charge in [0.05, 0.1) is 4.90 Å². The number of amides is 1. The second-order valence-electron chi connectivity index (χ2n) is 7.35. The molecule has 0 aliphatic carbocycles. The molecule has 6 heteroatoms. The van der Waals surface area contributed by atoms with Gasteiger partial charge in [0.1, 0.15) is 0 Å². The molecule has 1 amide bonds. The molecule has 154 valence electrons. The van der Waals surface area contributed by atoms with Crippen molar-refractivity contribution >= 4 is 21.6 Å². The molecule has 0 saturated heterocycles. The minimum atomic E-state index is -3.61. The Labute approximate surface area is 177 Å². The molecule has 5 nitrogen and oxygen atoms in total. The first kappa shape index (κ1) is 20.3. The van der Waals surface area contributed by atoms with Crippen molar-refractivity contribution in [2.45, 2.75) is 24.2 Å². The quantitative estimate of drug-likeness (QED) is 0.660. The molecule has 0 fully saturated rings. The maximum atomic E-state index is 12.9. The van der Waals surface area contributed by atoms with E-state index < -0.39 is 10.0 Å². The number of benzene rings is 3. The third-order valence-electron chi connectivity index (χ3n) is 5.29. The highest BCUT2D eigenvalue weighted by Crippen LogP contribution is 2.30. The maximum absolute atomic E-state index is 12.9. The van der Waals surface area contributed by atoms with E-state index in [-0.39, 0.29) is 10.8 Å². The number of anilines is 1. The van der Waals surface area contributed by atoms with Crippen molar-refractivity contribution in [2.24, 2.45) is 0 Å². The van der Waals surface area contributed by atoms with Gasteiger partial charge in [-0.1, -0.05) is 48.5 Å². The summed E-state index contributed by atoms with van der Waals surface area (Å²) in [6, 6.07) is 24.0. The lowest BCUT2D eigenvalue weighted by Gasteiger charge is -2.30. The third kappa shape index (κ3) is 4.45. The van der Waals surface area contributed by atoms with Crippen LogP contribution in [0.3, 0.4) is 0 Å². The number of fused-ring (bicyclic) bond motifs is 1. The van der Waals surface area contributed by atoms with Crippen LogP contribution in [-0.4, -0.2) is 27.4 Å². The number of hydrogen-bond acceptors (Lipinski definition) is 3. The predicted molar refractivity (Wildman–Crippen MR) is 118 cm³/mol. The molecular weight excluding hydrogens is 396 g/mol. The molecule has 0 unspecified atom stereocenters. The second kappa shape index (κ2) is 8.81. The lowest BCUT2D eigenvalue weighted by Crippen LogP contribution is -2.35. The fraction of sp³-hybridized carbons (Fsp3) is 0.208. The van der Waals surface area contributed by atoms with Crippen LogP contribution in [0.1, 0.15) is 27.9 Å². The van der Waals surface area contributed by atoms with E-state index >= 15 is 0 Å². The van der Waals surface area contributed by atoms with E-state index in [1.807, 2.05) is 48.5 Å². The van der Waals surface area contributed by atoms with Crippen LogP contribution >= 0.6 is 0 Å². The van der Waals surface area contributed by atoms with Gasteiger partial charge in [-0.05, 0) is 60.7 Å². The topological polar surface area (TPSA) is 66.5 Å². The van der Waals surface area contributed by atoms with Crippen LogP contribution in [-0.2, 0) is 22.9 Å². The van der Waals surface area contributed by atoms with Crippen molar-refractivity contribution in [3.63, 3.8) is 0 Å². The third-order valence-corrected chi connectivity index (χ3v) is 6.75. The van der Waals surface area contributed by atoms with Crippen LogP contribution in [0.15, 0.2) is 83.8 Å². The van der Waals surface area contributed by atoms with Crippen LogP contribution < -0.4 is 9.62 Å². The van der Waals surface area contributed by atoms with E-state index in [9.17, 15) is 13.2 Å². The number of sulfonamides is 1. The maximum Gasteiger partial charge on any atom is 0.258 e. The van der Waals surface area contributed by atoms with Crippen molar-refractivity contribution in [3.05, 3.63) is 95.6 Å². The van der Waals surface area contributed by atoms with Crippen molar-refractivity contribution in [1.29, 1.82) is 0 Å². The minimum absolute atomic E-state index is 0.0619. The van der Waals surface area contributed by atoms with Crippen LogP contribution in [0, 0.1) is 0 Å². The molecule has 4 rings (SSSR count). The van der Waals surface area contributed by atoms with E-state index in [1.54, 1.807) is 35.2 Å². The molecule has 1 N–H and O–H groups in total. The summed E-state index contributed by atoms with van der Waals surface area (Å²) in [5.41, 5.74) is 3.39. The molecule has 30 heavy (non-hydrogen) atoms. The van der Waals surface area contributed by atoms with Crippen LogP contribution in [0.2, 0.25) is 0 Å². The lowest BCUT2D eigenvalue weighted by atomic mass is 10.0. The Balaban J connectivity index is 1.51. The lowest BCUT2D eigenvalue weighted by molar-refractivity contribution is 0.0985. The summed E-state index contributed by atoms with van der Waals surface area (Å²) in [7, 11) is -3.61. The summed E-state index contributed by atoms with van der Waals surface area (Å²) >= 11 is 0. The molecule has 0 aromatic heterocycles. The molecule has 0 atom stereocenters. The Morgan fingerprint density at radius 2 is 1.63 bits per heavy atom. The Morgan fingerprint density at radius 3 is 2.37 bits per heavy atom. The molecule has 0 radical (unpaired) electrons. The molecular formula is C24H24N2O3S. The number of aryl methyl sites for hydroxylation is 1. The first-order valence-electron chi connectivity index (χ1n) is 10.1. The Hall–Kier alpha value is -2.96. The molecule has 1 aliphatic heterocycles. The van der Waals surface area contributed by atoms with Crippen molar-refractivity contribution in [2.75, 3.05) is 18.0 Å². The summed E-state index contributed by atoms with van der Waals surface area (Å²) in [4.78, 5) is 14.9. The van der Waals surface area contributed by atoms with Crippen molar-refractivity contribution in [3.8, 4) is 0 Å². The number of rotatable bonds is 6. The van der Waals surface area contributed by atoms with Gasteiger partial charge in [-0.3, -0.25) is 4.79 Å². The van der Waals surface area contributed by atoms with Crippen LogP contribution in [0.4, 0.5) is 5.69 Å². The number of carbonyl (C=O) groups is 1. The van der Waals surface area contributed by atoms with Crippen LogP contribution in [0.5, 0.6) is 0 Å². The standard InChI is InChI=1S/C24H24N2O3S/c27-24(20-10-5-2-6-11-20)26-17-7-12-21-18-22(13-14-23(21)26)30(28,29)25-16-15-19-8-3-1-4-9-19/h1-6,8-11,13-14,18,25H,7,12,15-17H2. The molecule has 1 heterocycles. The van der Waals surface area contributed by atoms with Gasteiger partial charge in [-0.2, -0.15) is 0 Å². The second-order valence-corrected chi connectivity index (χ2v) is 9.12. The first-order valence-corrected chi connectivity index (χ1v) is 11.6. The van der Waals surface area contributed by atoms with Gasteiger partial charge < -0.3 is 4.90 Å². The van der Waals surface area contributed by atoms with Gasteiger partial charge in [0.25, 0.3) is 5.91 Å². The van der Waals surface area contributed by atoms with Gasteiger partial charge >= 0.3 is 0 Å². The Kier molecular flexibility index (Phi) is 5.97. The van der Waals surface area contributed by atoms with Crippen LogP contribution in [0.25, 0.3) is 0 Å². The summed E-state index contributed by atoms with van der Waals surface area (Å²) in [5.74, 6) is -0.0619. The minimum Gasteiger partial charge on any atom is -0.308 e. The zero-order chi connectivity index (χ0) is 21.0. The van der Waals surface area contributed by atoms with E-state index in [4.69, 9.17) is 0 Å². The highest BCUT2D eigenvalue weighted by atomic mass is 32.2. The number of carbonyl (C=O) groups excluding carboxylic acids is 1. The fourth-order valence-corrected chi connectivity index (χ4v) is 4.83. The average molecular weight is 421 g/mol. The Bertz CT molecular complexity index is 1130. The van der Waals surface area contributed by atoms with E-state index in [2.05, 4.69) is 4.72 Å². The van der Waals surface area contributed by atoms with Gasteiger partial charge in [0.2, 0.25) is 10.0 Å². The number of nitrogens with zero attached hydrogens (tertiary/aromatic N) is 1. The summed E-state index contributed by atoms with van der Waals surface area (Å²) in [6.07, 6.45) is 2.18. The predicted octanol–water partition coefficient (Wildman–Crippen LogP) is 3.80. The molecule has 3 aromatic rings. The molecule has 3 aromatic carbocycles. The van der Waals surface area contributed by atoms with Crippen molar-refractivity contribution < 1.29 is 13.2 Å². The van der Waals surface area contributed by atoms with Gasteiger partial charge in [0, 0.05) is 24.3 Å². The smallest absolute Gasteiger partial charge is 0.258 e. The van der Waals surface area contributed by atoms with Gasteiger partial charge in [-0.25, -0.2) is 13.1 Å². The monoisotopic (exact) mass is 420 g/mol. The van der Waals surface area contributed by atoms with Crippen molar-refractivity contribution in [1.82, 2.24) is 4.72 Å². The summed E-state index contributed by atoms with van der Waals surface area (Å²) < 4.78 is 28.2. The number of hydrogen-bond donors (Lipinski definition) is 1. The summed E-state index contributed by atoms with van der Waals surface area (Å²) in [5, 5.41) is 0. The van der Waals surface area contributed by atoms with E-state index in [0.717, 1.165) is 29.7 Å². The zero-order valence-corrected chi connectivity index (χ0v) is 17.4. The average Bonchev–Trinajstić information content (AvgIpc) is 2.79. The molecule has 0 bridgehead atoms. The highest BCUT2D eigenvalue weighted by molar-refractivity contribution is 7.89. The largest absolute Gasteiger partial charge is 0.308 e. The fourth-order valence-electron chi connectivity index (χ4n) is 3.75. The molecule has 0 saturated carbocycles. The first-order chi connectivity index (χ1) is 14.5. The van der Waals surface area contributed by atoms with Gasteiger partial charge in [-0.15, -0.1) is 0 Å². The molecule has 1 aliphatic rings.